The molecule has 0 radical (unpaired) electrons. The topological polar surface area (TPSA) is 21.3 Å². The zero-order chi connectivity index (χ0) is 10.6. The summed E-state index contributed by atoms with van der Waals surface area (Å²) in [6.45, 7) is 6.78. The minimum absolute atomic E-state index is 0.623. The summed E-state index contributed by atoms with van der Waals surface area (Å²) in [5.41, 5.74) is 0.623. The molecule has 0 saturated carbocycles. The minimum Gasteiger partial charge on any atom is -0.381 e. The molecule has 1 spiro atoms. The highest BCUT2D eigenvalue weighted by Crippen LogP contribution is 2.44. The quantitative estimate of drug-likeness (QED) is 0.758. The first-order chi connectivity index (χ1) is 7.37. The number of nitrogens with one attached hydrogen (secondary N) is 1. The van der Waals surface area contributed by atoms with Crippen molar-refractivity contribution in [3.05, 3.63) is 0 Å². The fraction of sp³-hybridized carbons (Fsp3) is 1.00. The molecule has 88 valence electrons. The predicted octanol–water partition coefficient (Wildman–Crippen LogP) is 2.58. The standard InChI is InChI=1S/C13H25NO/c1-2-4-12-11-14-8-6-13(12)5-3-9-15-10-7-13/h12,14H,2-11H2,1H3. The van der Waals surface area contributed by atoms with E-state index in [1.165, 1.54) is 51.6 Å². The summed E-state index contributed by atoms with van der Waals surface area (Å²) < 4.78 is 5.63. The van der Waals surface area contributed by atoms with Gasteiger partial charge in [-0.2, -0.15) is 0 Å². The molecule has 2 aliphatic rings. The van der Waals surface area contributed by atoms with Crippen LogP contribution >= 0.6 is 0 Å². The van der Waals surface area contributed by atoms with Gasteiger partial charge in [0, 0.05) is 13.2 Å². The summed E-state index contributed by atoms with van der Waals surface area (Å²) >= 11 is 0. The summed E-state index contributed by atoms with van der Waals surface area (Å²) in [5.74, 6) is 0.901. The van der Waals surface area contributed by atoms with Crippen LogP contribution in [0.1, 0.15) is 45.4 Å². The van der Waals surface area contributed by atoms with E-state index in [0.29, 0.717) is 5.41 Å². The molecule has 0 amide bonds. The summed E-state index contributed by atoms with van der Waals surface area (Å²) in [6, 6.07) is 0. The monoisotopic (exact) mass is 211 g/mol. The molecule has 2 atom stereocenters. The third-order valence-corrected chi connectivity index (χ3v) is 4.40. The SMILES string of the molecule is CCCC1CNCCC12CCCOCC2. The molecule has 1 N–H and O–H groups in total. The van der Waals surface area contributed by atoms with Gasteiger partial charge in [0.05, 0.1) is 0 Å². The van der Waals surface area contributed by atoms with E-state index in [9.17, 15) is 0 Å². The van der Waals surface area contributed by atoms with Gasteiger partial charge in [0.2, 0.25) is 0 Å². The molecule has 2 nitrogen and oxygen atoms in total. The molecule has 15 heavy (non-hydrogen) atoms. The molecule has 0 aliphatic carbocycles. The first kappa shape index (κ1) is 11.4. The number of rotatable bonds is 2. The molecule has 2 rings (SSSR count). The van der Waals surface area contributed by atoms with Crippen LogP contribution in [0.15, 0.2) is 0 Å². The fourth-order valence-electron chi connectivity index (χ4n) is 3.48. The Kier molecular flexibility index (Phi) is 4.04. The normalized spacial score (nSPS) is 37.8. The van der Waals surface area contributed by atoms with Crippen LogP contribution in [0.3, 0.4) is 0 Å². The maximum absolute atomic E-state index is 5.63. The second-order valence-corrected chi connectivity index (χ2v) is 5.27. The molecule has 0 aromatic heterocycles. The Bertz CT molecular complexity index is 183. The molecule has 2 fully saturated rings. The zero-order valence-corrected chi connectivity index (χ0v) is 10.1. The van der Waals surface area contributed by atoms with E-state index in [1.807, 2.05) is 0 Å². The summed E-state index contributed by atoms with van der Waals surface area (Å²) in [4.78, 5) is 0. The molecule has 2 aliphatic heterocycles. The van der Waals surface area contributed by atoms with Crippen LogP contribution in [0.5, 0.6) is 0 Å². The van der Waals surface area contributed by atoms with Crippen molar-refractivity contribution >= 4 is 0 Å². The molecule has 2 saturated heterocycles. The van der Waals surface area contributed by atoms with Gasteiger partial charge >= 0.3 is 0 Å². The average Bonchev–Trinajstić information content (AvgIpc) is 2.49. The summed E-state index contributed by atoms with van der Waals surface area (Å²) in [7, 11) is 0. The van der Waals surface area contributed by atoms with Gasteiger partial charge in [-0.05, 0) is 56.5 Å². The highest BCUT2D eigenvalue weighted by atomic mass is 16.5. The van der Waals surface area contributed by atoms with Crippen LogP contribution in [0, 0.1) is 11.3 Å². The molecular formula is C13H25NO. The van der Waals surface area contributed by atoms with Crippen molar-refractivity contribution < 1.29 is 4.74 Å². The van der Waals surface area contributed by atoms with Crippen molar-refractivity contribution in [2.45, 2.75) is 45.4 Å². The van der Waals surface area contributed by atoms with Crippen LogP contribution in [-0.2, 0) is 4.74 Å². The van der Waals surface area contributed by atoms with Crippen molar-refractivity contribution in [1.29, 1.82) is 0 Å². The van der Waals surface area contributed by atoms with Crippen molar-refractivity contribution in [1.82, 2.24) is 5.32 Å². The van der Waals surface area contributed by atoms with Gasteiger partial charge < -0.3 is 10.1 Å². The van der Waals surface area contributed by atoms with Crippen LogP contribution in [-0.4, -0.2) is 26.3 Å². The zero-order valence-electron chi connectivity index (χ0n) is 10.1. The van der Waals surface area contributed by atoms with E-state index in [0.717, 1.165) is 19.1 Å². The fourth-order valence-corrected chi connectivity index (χ4v) is 3.48. The Labute approximate surface area is 93.8 Å². The molecule has 0 bridgehead atoms. The molecule has 2 heteroatoms. The lowest BCUT2D eigenvalue weighted by Gasteiger charge is -2.44. The van der Waals surface area contributed by atoms with E-state index in [2.05, 4.69) is 12.2 Å². The largest absolute Gasteiger partial charge is 0.381 e. The third kappa shape index (κ3) is 2.54. The number of ether oxygens (including phenoxy) is 1. The van der Waals surface area contributed by atoms with Crippen LogP contribution in [0.2, 0.25) is 0 Å². The Balaban J connectivity index is 2.05. The lowest BCUT2D eigenvalue weighted by atomic mass is 9.65. The van der Waals surface area contributed by atoms with Crippen molar-refractivity contribution in [3.63, 3.8) is 0 Å². The maximum Gasteiger partial charge on any atom is 0.0471 e. The molecule has 2 heterocycles. The number of hydrogen-bond donors (Lipinski definition) is 1. The first-order valence-corrected chi connectivity index (χ1v) is 6.66. The van der Waals surface area contributed by atoms with Crippen molar-refractivity contribution in [2.24, 2.45) is 11.3 Å². The summed E-state index contributed by atoms with van der Waals surface area (Å²) in [5, 5.41) is 3.57. The number of piperidine rings is 1. The molecule has 0 aromatic carbocycles. The maximum atomic E-state index is 5.63. The van der Waals surface area contributed by atoms with Gasteiger partial charge in [0.25, 0.3) is 0 Å². The van der Waals surface area contributed by atoms with E-state index >= 15 is 0 Å². The second kappa shape index (κ2) is 5.31. The van der Waals surface area contributed by atoms with Crippen molar-refractivity contribution in [2.75, 3.05) is 26.3 Å². The Morgan fingerprint density at radius 3 is 3.07 bits per heavy atom. The number of hydrogen-bond acceptors (Lipinski definition) is 2. The highest BCUT2D eigenvalue weighted by molar-refractivity contribution is 4.92. The van der Waals surface area contributed by atoms with Gasteiger partial charge in [-0.3, -0.25) is 0 Å². The van der Waals surface area contributed by atoms with Crippen LogP contribution < -0.4 is 5.32 Å². The molecular weight excluding hydrogens is 186 g/mol. The third-order valence-electron chi connectivity index (χ3n) is 4.40. The first-order valence-electron chi connectivity index (χ1n) is 6.66. The Morgan fingerprint density at radius 1 is 1.27 bits per heavy atom. The summed E-state index contributed by atoms with van der Waals surface area (Å²) in [6.07, 6.45) is 8.09. The lowest BCUT2D eigenvalue weighted by molar-refractivity contribution is 0.0656. The molecule has 2 unspecified atom stereocenters. The van der Waals surface area contributed by atoms with E-state index in [4.69, 9.17) is 4.74 Å². The van der Waals surface area contributed by atoms with Gasteiger partial charge in [-0.1, -0.05) is 13.3 Å². The minimum atomic E-state index is 0.623. The van der Waals surface area contributed by atoms with Gasteiger partial charge in [0.1, 0.15) is 0 Å². The predicted molar refractivity (Wildman–Crippen MR) is 63.0 cm³/mol. The van der Waals surface area contributed by atoms with E-state index < -0.39 is 0 Å². The van der Waals surface area contributed by atoms with Crippen LogP contribution in [0.4, 0.5) is 0 Å². The Morgan fingerprint density at radius 2 is 2.20 bits per heavy atom. The smallest absolute Gasteiger partial charge is 0.0471 e. The second-order valence-electron chi connectivity index (χ2n) is 5.27. The van der Waals surface area contributed by atoms with Crippen LogP contribution in [0.25, 0.3) is 0 Å². The van der Waals surface area contributed by atoms with Gasteiger partial charge in [0.15, 0.2) is 0 Å². The highest BCUT2D eigenvalue weighted by Gasteiger charge is 2.39. The van der Waals surface area contributed by atoms with E-state index in [-0.39, 0.29) is 0 Å². The molecule has 0 aromatic rings. The van der Waals surface area contributed by atoms with Gasteiger partial charge in [-0.15, -0.1) is 0 Å². The Hall–Kier alpha value is -0.0800. The average molecular weight is 211 g/mol. The van der Waals surface area contributed by atoms with Gasteiger partial charge in [-0.25, -0.2) is 0 Å². The lowest BCUT2D eigenvalue weighted by Crippen LogP contribution is -2.45. The van der Waals surface area contributed by atoms with E-state index in [1.54, 1.807) is 0 Å². The van der Waals surface area contributed by atoms with Crippen molar-refractivity contribution in [3.8, 4) is 0 Å².